The van der Waals surface area contributed by atoms with E-state index in [1.165, 1.54) is 10.9 Å². The summed E-state index contributed by atoms with van der Waals surface area (Å²) < 4.78 is 7.52. The molecule has 0 aromatic carbocycles. The molecule has 1 aliphatic heterocycles. The lowest BCUT2D eigenvalue weighted by Crippen LogP contribution is -2.39. The highest BCUT2D eigenvalue weighted by Crippen LogP contribution is 2.41. The molecule has 2 heterocycles. The largest absolute Gasteiger partial charge is 0.369 e. The number of carbonyl (C=O) groups excluding carboxylic acids is 1. The number of aromatic nitrogens is 3. The Labute approximate surface area is 119 Å². The Kier molecular flexibility index (Phi) is 3.73. The molecule has 1 aromatic heterocycles. The summed E-state index contributed by atoms with van der Waals surface area (Å²) in [6.07, 6.45) is 2.43. The molecule has 7 nitrogen and oxygen atoms in total. The van der Waals surface area contributed by atoms with Crippen molar-refractivity contribution in [3.05, 3.63) is 6.20 Å². The molecule has 1 fully saturated rings. The average molecular weight is 281 g/mol. The minimum absolute atomic E-state index is 0.141. The standard InChI is InChI=1S/C13H23N5O2/c1-12(2)6-9(13(3,4)20-12)7-14-11(19)16-10-8-15-17-18(10)5/h8-9H,6-7H2,1-5H3,(H2,14,16,19). The summed E-state index contributed by atoms with van der Waals surface area (Å²) in [5.74, 6) is 0.845. The molecule has 20 heavy (non-hydrogen) atoms. The zero-order valence-corrected chi connectivity index (χ0v) is 12.7. The minimum Gasteiger partial charge on any atom is -0.369 e. The summed E-state index contributed by atoms with van der Waals surface area (Å²) in [4.78, 5) is 11.9. The molecule has 0 saturated carbocycles. The van der Waals surface area contributed by atoms with Crippen molar-refractivity contribution < 1.29 is 9.53 Å². The van der Waals surface area contributed by atoms with Gasteiger partial charge in [0.15, 0.2) is 5.82 Å². The first-order valence-electron chi connectivity index (χ1n) is 6.79. The van der Waals surface area contributed by atoms with Crippen LogP contribution >= 0.6 is 0 Å². The van der Waals surface area contributed by atoms with Gasteiger partial charge in [0, 0.05) is 19.5 Å². The molecule has 7 heteroatoms. The van der Waals surface area contributed by atoms with Crippen LogP contribution in [0.2, 0.25) is 0 Å². The number of hydrogen-bond donors (Lipinski definition) is 2. The number of hydrogen-bond acceptors (Lipinski definition) is 4. The van der Waals surface area contributed by atoms with Crippen LogP contribution < -0.4 is 10.6 Å². The van der Waals surface area contributed by atoms with E-state index < -0.39 is 0 Å². The number of nitrogens with zero attached hydrogens (tertiary/aromatic N) is 3. The normalized spacial score (nSPS) is 23.6. The van der Waals surface area contributed by atoms with E-state index in [-0.39, 0.29) is 23.2 Å². The molecule has 0 bridgehead atoms. The second kappa shape index (κ2) is 5.05. The second-order valence-corrected chi connectivity index (χ2v) is 6.44. The highest BCUT2D eigenvalue weighted by Gasteiger charge is 2.45. The third-order valence-corrected chi connectivity index (χ3v) is 3.73. The van der Waals surface area contributed by atoms with Crippen molar-refractivity contribution in [2.24, 2.45) is 13.0 Å². The summed E-state index contributed by atoms with van der Waals surface area (Å²) in [5, 5.41) is 13.1. The Morgan fingerprint density at radius 3 is 2.70 bits per heavy atom. The van der Waals surface area contributed by atoms with Crippen LogP contribution in [0.15, 0.2) is 6.20 Å². The fraction of sp³-hybridized carbons (Fsp3) is 0.769. The third kappa shape index (κ3) is 3.27. The molecule has 1 atom stereocenters. The van der Waals surface area contributed by atoms with Crippen molar-refractivity contribution in [1.82, 2.24) is 20.3 Å². The number of nitrogens with one attached hydrogen (secondary N) is 2. The van der Waals surface area contributed by atoms with Gasteiger partial charge in [-0.1, -0.05) is 5.21 Å². The Morgan fingerprint density at radius 2 is 2.20 bits per heavy atom. The Balaban J connectivity index is 1.86. The summed E-state index contributed by atoms with van der Waals surface area (Å²) >= 11 is 0. The van der Waals surface area contributed by atoms with Crippen LogP contribution in [-0.2, 0) is 11.8 Å². The SMILES string of the molecule is Cn1nncc1NC(=O)NCC1CC(C)(C)OC1(C)C. The quantitative estimate of drug-likeness (QED) is 0.880. The number of rotatable bonds is 3. The predicted molar refractivity (Wildman–Crippen MR) is 75.4 cm³/mol. The maximum Gasteiger partial charge on any atom is 0.320 e. The fourth-order valence-electron chi connectivity index (χ4n) is 2.77. The van der Waals surface area contributed by atoms with Gasteiger partial charge in [0.25, 0.3) is 0 Å². The molecule has 1 aromatic rings. The lowest BCUT2D eigenvalue weighted by atomic mass is 9.87. The highest BCUT2D eigenvalue weighted by molar-refractivity contribution is 5.88. The number of aryl methyl sites for hydroxylation is 1. The van der Waals surface area contributed by atoms with Crippen molar-refractivity contribution >= 4 is 11.8 Å². The van der Waals surface area contributed by atoms with Gasteiger partial charge < -0.3 is 10.1 Å². The van der Waals surface area contributed by atoms with Crippen molar-refractivity contribution in [1.29, 1.82) is 0 Å². The molecule has 2 amide bonds. The smallest absolute Gasteiger partial charge is 0.320 e. The first kappa shape index (κ1) is 14.8. The molecule has 0 spiro atoms. The van der Waals surface area contributed by atoms with Crippen molar-refractivity contribution in [2.75, 3.05) is 11.9 Å². The molecule has 112 valence electrons. The summed E-state index contributed by atoms with van der Waals surface area (Å²) in [6, 6.07) is -0.254. The van der Waals surface area contributed by atoms with Crippen molar-refractivity contribution in [3.8, 4) is 0 Å². The number of ether oxygens (including phenoxy) is 1. The van der Waals surface area contributed by atoms with Gasteiger partial charge in [-0.3, -0.25) is 5.32 Å². The molecule has 1 saturated heterocycles. The summed E-state index contributed by atoms with van der Waals surface area (Å²) in [7, 11) is 1.72. The summed E-state index contributed by atoms with van der Waals surface area (Å²) in [5.41, 5.74) is -0.372. The van der Waals surface area contributed by atoms with Gasteiger partial charge in [0.1, 0.15) is 0 Å². The monoisotopic (exact) mass is 281 g/mol. The van der Waals surface area contributed by atoms with E-state index in [0.29, 0.717) is 12.4 Å². The van der Waals surface area contributed by atoms with E-state index in [1.54, 1.807) is 7.05 Å². The van der Waals surface area contributed by atoms with E-state index in [9.17, 15) is 4.79 Å². The zero-order chi connectivity index (χ0) is 15.0. The van der Waals surface area contributed by atoms with Crippen LogP contribution in [0, 0.1) is 5.92 Å². The Bertz CT molecular complexity index is 495. The second-order valence-electron chi connectivity index (χ2n) is 6.44. The number of anilines is 1. The van der Waals surface area contributed by atoms with Gasteiger partial charge in [-0.05, 0) is 34.1 Å². The van der Waals surface area contributed by atoms with Crippen LogP contribution in [0.1, 0.15) is 34.1 Å². The Hall–Kier alpha value is -1.63. The molecule has 0 radical (unpaired) electrons. The summed E-state index contributed by atoms with van der Waals surface area (Å²) in [6.45, 7) is 8.87. The van der Waals surface area contributed by atoms with Crippen molar-refractivity contribution in [3.63, 3.8) is 0 Å². The maximum absolute atomic E-state index is 11.9. The molecule has 2 N–H and O–H groups in total. The van der Waals surface area contributed by atoms with Crippen LogP contribution in [0.4, 0.5) is 10.6 Å². The van der Waals surface area contributed by atoms with E-state index in [0.717, 1.165) is 6.42 Å². The lowest BCUT2D eigenvalue weighted by Gasteiger charge is -2.27. The van der Waals surface area contributed by atoms with Gasteiger partial charge in [-0.25, -0.2) is 9.48 Å². The molecule has 1 aliphatic rings. The number of carbonyl (C=O) groups is 1. The number of urea groups is 1. The van der Waals surface area contributed by atoms with Gasteiger partial charge >= 0.3 is 6.03 Å². The molecular weight excluding hydrogens is 258 g/mol. The average Bonchev–Trinajstić information content (AvgIpc) is 2.77. The topological polar surface area (TPSA) is 81.1 Å². The first-order chi connectivity index (χ1) is 9.20. The predicted octanol–water partition coefficient (Wildman–Crippen LogP) is 1.53. The minimum atomic E-state index is -0.254. The highest BCUT2D eigenvalue weighted by atomic mass is 16.5. The van der Waals surface area contributed by atoms with Gasteiger partial charge in [-0.15, -0.1) is 5.10 Å². The molecule has 1 unspecified atom stereocenters. The molecule has 2 rings (SSSR count). The van der Waals surface area contributed by atoms with Crippen molar-refractivity contribution in [2.45, 2.75) is 45.3 Å². The van der Waals surface area contributed by atoms with Crippen LogP contribution in [0.5, 0.6) is 0 Å². The van der Waals surface area contributed by atoms with E-state index >= 15 is 0 Å². The first-order valence-corrected chi connectivity index (χ1v) is 6.79. The molecule has 0 aliphatic carbocycles. The van der Waals surface area contributed by atoms with E-state index in [1.807, 2.05) is 0 Å². The van der Waals surface area contributed by atoms with Crippen LogP contribution in [-0.4, -0.2) is 38.8 Å². The maximum atomic E-state index is 11.9. The number of amides is 2. The zero-order valence-electron chi connectivity index (χ0n) is 12.7. The van der Waals surface area contributed by atoms with Gasteiger partial charge in [0.2, 0.25) is 0 Å². The fourth-order valence-corrected chi connectivity index (χ4v) is 2.77. The Morgan fingerprint density at radius 1 is 1.50 bits per heavy atom. The lowest BCUT2D eigenvalue weighted by molar-refractivity contribution is -0.0740. The van der Waals surface area contributed by atoms with Gasteiger partial charge in [-0.2, -0.15) is 0 Å². The van der Waals surface area contributed by atoms with Crippen LogP contribution in [0.3, 0.4) is 0 Å². The van der Waals surface area contributed by atoms with Gasteiger partial charge in [0.05, 0.1) is 17.4 Å². The van der Waals surface area contributed by atoms with E-state index in [4.69, 9.17) is 4.74 Å². The third-order valence-electron chi connectivity index (χ3n) is 3.73. The molecular formula is C13H23N5O2. The van der Waals surface area contributed by atoms with E-state index in [2.05, 4.69) is 48.6 Å². The van der Waals surface area contributed by atoms with Crippen LogP contribution in [0.25, 0.3) is 0 Å².